The molecule has 0 saturated carbocycles. The summed E-state index contributed by atoms with van der Waals surface area (Å²) in [6.45, 7) is 20.6. The van der Waals surface area contributed by atoms with Crippen molar-refractivity contribution in [2.45, 2.75) is 33.1 Å². The van der Waals surface area contributed by atoms with E-state index in [2.05, 4.69) is 58.7 Å². The summed E-state index contributed by atoms with van der Waals surface area (Å²) in [5.41, 5.74) is 3.73. The third-order valence-electron chi connectivity index (χ3n) is 3.10. The van der Waals surface area contributed by atoms with Gasteiger partial charge in [-0.05, 0) is 45.5 Å². The Morgan fingerprint density at radius 3 is 2.16 bits per heavy atom. The van der Waals surface area contributed by atoms with Gasteiger partial charge in [0.25, 0.3) is 0 Å². The SMILES string of the molecule is C=C/C=C(\C=C/C)c1cc(=C)c(=C)cc1C(C)(C)C. The van der Waals surface area contributed by atoms with Gasteiger partial charge in [0.15, 0.2) is 0 Å². The van der Waals surface area contributed by atoms with Crippen LogP contribution in [0.5, 0.6) is 0 Å². The zero-order chi connectivity index (χ0) is 14.6. The molecule has 0 saturated heterocycles. The van der Waals surface area contributed by atoms with Crippen LogP contribution in [0.1, 0.15) is 38.8 Å². The molecule has 0 aliphatic carbocycles. The van der Waals surface area contributed by atoms with Gasteiger partial charge in [0.1, 0.15) is 0 Å². The second-order valence-electron chi connectivity index (χ2n) is 5.77. The fourth-order valence-electron chi connectivity index (χ4n) is 2.09. The van der Waals surface area contributed by atoms with E-state index >= 15 is 0 Å². The van der Waals surface area contributed by atoms with Gasteiger partial charge in [0, 0.05) is 0 Å². The van der Waals surface area contributed by atoms with Gasteiger partial charge in [-0.25, -0.2) is 0 Å². The molecule has 0 aliphatic rings. The lowest BCUT2D eigenvalue weighted by atomic mass is 9.81. The molecule has 0 unspecified atom stereocenters. The Morgan fingerprint density at radius 2 is 1.68 bits per heavy atom. The summed E-state index contributed by atoms with van der Waals surface area (Å²) in [4.78, 5) is 0. The lowest BCUT2D eigenvalue weighted by molar-refractivity contribution is 0.588. The first-order valence-electron chi connectivity index (χ1n) is 6.59. The molecule has 0 atom stereocenters. The highest BCUT2D eigenvalue weighted by Crippen LogP contribution is 2.29. The Balaban J connectivity index is 3.70. The van der Waals surface area contributed by atoms with Crippen LogP contribution >= 0.6 is 0 Å². The summed E-state index contributed by atoms with van der Waals surface area (Å²) in [5.74, 6) is 0. The minimum atomic E-state index is 0.0668. The van der Waals surface area contributed by atoms with E-state index in [0.29, 0.717) is 0 Å². The molecule has 0 N–H and O–H groups in total. The third-order valence-corrected chi connectivity index (χ3v) is 3.10. The van der Waals surface area contributed by atoms with E-state index in [1.54, 1.807) is 0 Å². The number of benzene rings is 1. The quantitative estimate of drug-likeness (QED) is 0.715. The molecule has 0 radical (unpaired) electrons. The van der Waals surface area contributed by atoms with Crippen molar-refractivity contribution in [2.24, 2.45) is 0 Å². The smallest absolute Gasteiger partial charge is 0.0125 e. The van der Waals surface area contributed by atoms with Gasteiger partial charge in [0.05, 0.1) is 0 Å². The molecule has 0 heteroatoms. The van der Waals surface area contributed by atoms with Gasteiger partial charge < -0.3 is 0 Å². The van der Waals surface area contributed by atoms with Crippen LogP contribution in [0.3, 0.4) is 0 Å². The Labute approximate surface area is 117 Å². The summed E-state index contributed by atoms with van der Waals surface area (Å²) in [6, 6.07) is 4.27. The highest BCUT2D eigenvalue weighted by Gasteiger charge is 2.18. The molecule has 19 heavy (non-hydrogen) atoms. The molecule has 1 aromatic carbocycles. The molecule has 0 spiro atoms. The summed E-state index contributed by atoms with van der Waals surface area (Å²) >= 11 is 0. The predicted octanol–water partition coefficient (Wildman–Crippen LogP) is 3.95. The maximum atomic E-state index is 4.07. The Kier molecular flexibility index (Phi) is 4.72. The summed E-state index contributed by atoms with van der Waals surface area (Å²) in [7, 11) is 0. The Morgan fingerprint density at radius 1 is 1.11 bits per heavy atom. The predicted molar refractivity (Wildman–Crippen MR) is 88.4 cm³/mol. The van der Waals surface area contributed by atoms with E-state index in [9.17, 15) is 0 Å². The highest BCUT2D eigenvalue weighted by molar-refractivity contribution is 5.77. The lowest BCUT2D eigenvalue weighted by Gasteiger charge is -2.24. The van der Waals surface area contributed by atoms with Crippen molar-refractivity contribution in [1.82, 2.24) is 0 Å². The maximum absolute atomic E-state index is 4.07. The fourth-order valence-corrected chi connectivity index (χ4v) is 2.09. The highest BCUT2D eigenvalue weighted by atomic mass is 14.2. The van der Waals surface area contributed by atoms with Crippen LogP contribution in [0.2, 0.25) is 0 Å². The van der Waals surface area contributed by atoms with Crippen molar-refractivity contribution >= 4 is 18.7 Å². The molecule has 0 bridgehead atoms. The number of hydrogen-bond donors (Lipinski definition) is 0. The lowest BCUT2D eigenvalue weighted by Crippen LogP contribution is -2.27. The molecule has 0 heterocycles. The largest absolute Gasteiger partial charge is 0.0990 e. The van der Waals surface area contributed by atoms with Crippen LogP contribution in [0, 0.1) is 0 Å². The van der Waals surface area contributed by atoms with Crippen molar-refractivity contribution in [3.63, 3.8) is 0 Å². The van der Waals surface area contributed by atoms with Crippen molar-refractivity contribution < 1.29 is 0 Å². The molecule has 0 nitrogen and oxygen atoms in total. The fraction of sp³-hybridized carbons (Fsp3) is 0.263. The summed E-state index contributed by atoms with van der Waals surface area (Å²) in [5, 5.41) is 1.97. The van der Waals surface area contributed by atoms with E-state index in [-0.39, 0.29) is 5.41 Å². The molecule has 0 aromatic heterocycles. The monoisotopic (exact) mass is 252 g/mol. The third kappa shape index (κ3) is 3.57. The van der Waals surface area contributed by atoms with Gasteiger partial charge >= 0.3 is 0 Å². The molecule has 0 amide bonds. The van der Waals surface area contributed by atoms with Gasteiger partial charge in [0.2, 0.25) is 0 Å². The van der Waals surface area contributed by atoms with Crippen LogP contribution in [0.15, 0.2) is 43.0 Å². The minimum absolute atomic E-state index is 0.0668. The Bertz CT molecular complexity index is 619. The zero-order valence-electron chi connectivity index (χ0n) is 12.6. The average molecular weight is 252 g/mol. The zero-order valence-corrected chi connectivity index (χ0v) is 12.6. The molecule has 100 valence electrons. The first kappa shape index (κ1) is 15.2. The molecule has 0 aliphatic heterocycles. The summed E-state index contributed by atoms with van der Waals surface area (Å²) in [6.07, 6.45) is 8.01. The minimum Gasteiger partial charge on any atom is -0.0990 e. The van der Waals surface area contributed by atoms with Gasteiger partial charge in [-0.3, -0.25) is 0 Å². The average Bonchev–Trinajstić information content (AvgIpc) is 2.30. The Hall–Kier alpha value is -1.82. The van der Waals surface area contributed by atoms with Crippen LogP contribution in [0.25, 0.3) is 18.7 Å². The van der Waals surface area contributed by atoms with E-state index in [1.807, 2.05) is 25.2 Å². The summed E-state index contributed by atoms with van der Waals surface area (Å²) < 4.78 is 0. The maximum Gasteiger partial charge on any atom is -0.0125 e. The van der Waals surface area contributed by atoms with Crippen molar-refractivity contribution in [3.8, 4) is 0 Å². The van der Waals surface area contributed by atoms with Crippen molar-refractivity contribution in [2.75, 3.05) is 0 Å². The van der Waals surface area contributed by atoms with Crippen LogP contribution in [-0.2, 0) is 5.41 Å². The van der Waals surface area contributed by atoms with Crippen LogP contribution in [0.4, 0.5) is 0 Å². The van der Waals surface area contributed by atoms with Crippen molar-refractivity contribution in [3.05, 3.63) is 64.6 Å². The van der Waals surface area contributed by atoms with E-state index in [1.165, 1.54) is 11.1 Å². The first-order valence-corrected chi connectivity index (χ1v) is 6.59. The molecule has 0 fully saturated rings. The first-order chi connectivity index (χ1) is 8.81. The van der Waals surface area contributed by atoms with Crippen molar-refractivity contribution in [1.29, 1.82) is 0 Å². The molecular formula is C19H24. The number of rotatable bonds is 3. The normalized spacial score (nSPS) is 12.9. The van der Waals surface area contributed by atoms with Crippen LogP contribution < -0.4 is 10.4 Å². The van der Waals surface area contributed by atoms with E-state index in [0.717, 1.165) is 16.0 Å². The van der Waals surface area contributed by atoms with Gasteiger partial charge in [-0.15, -0.1) is 0 Å². The molecule has 1 aromatic rings. The van der Waals surface area contributed by atoms with Gasteiger partial charge in [-0.2, -0.15) is 0 Å². The molecular weight excluding hydrogens is 228 g/mol. The number of allylic oxidation sites excluding steroid dienone is 5. The topological polar surface area (TPSA) is 0 Å². The second kappa shape index (κ2) is 5.88. The van der Waals surface area contributed by atoms with Crippen LogP contribution in [-0.4, -0.2) is 0 Å². The van der Waals surface area contributed by atoms with E-state index < -0.39 is 0 Å². The molecule has 1 rings (SSSR count). The van der Waals surface area contributed by atoms with Gasteiger partial charge in [-0.1, -0.05) is 70.9 Å². The second-order valence-corrected chi connectivity index (χ2v) is 5.77. The standard InChI is InChI=1S/C19H24/c1-8-10-16(11-9-2)17-12-14(3)15(4)13-18(17)19(5,6)7/h8-13H,1,3-4H2,2,5-7H3/b11-9-,16-10+. The number of hydrogen-bond acceptors (Lipinski definition) is 0. The van der Waals surface area contributed by atoms with E-state index in [4.69, 9.17) is 0 Å².